The second kappa shape index (κ2) is 9.26. The number of methoxy groups -OCH3 is 1. The number of nitrogens with zero attached hydrogens (tertiary/aromatic N) is 2. The lowest BCUT2D eigenvalue weighted by Gasteiger charge is -2.07. The summed E-state index contributed by atoms with van der Waals surface area (Å²) in [5.74, 6) is 0.449. The molecule has 3 aromatic heterocycles. The molecule has 0 saturated heterocycles. The van der Waals surface area contributed by atoms with Crippen molar-refractivity contribution in [3.05, 3.63) is 73.2 Å². The number of pyridine rings is 2. The van der Waals surface area contributed by atoms with Crippen molar-refractivity contribution in [2.24, 2.45) is 0 Å². The maximum Gasteiger partial charge on any atom is 0.248 e. The third kappa shape index (κ3) is 4.64. The zero-order valence-electron chi connectivity index (χ0n) is 17.6. The van der Waals surface area contributed by atoms with Crippen molar-refractivity contribution in [3.8, 4) is 28.1 Å². The Balaban J connectivity index is 1.63. The Kier molecular flexibility index (Phi) is 6.08. The van der Waals surface area contributed by atoms with Crippen LogP contribution in [0.15, 0.2) is 73.2 Å². The second-order valence-corrected chi connectivity index (χ2v) is 7.17. The van der Waals surface area contributed by atoms with Gasteiger partial charge in [0.05, 0.1) is 7.11 Å². The minimum absolute atomic E-state index is 0.126. The normalized spacial score (nSPS) is 11.2. The van der Waals surface area contributed by atoms with Crippen molar-refractivity contribution >= 4 is 22.6 Å². The highest BCUT2D eigenvalue weighted by molar-refractivity contribution is 6.00. The summed E-state index contributed by atoms with van der Waals surface area (Å²) in [5.41, 5.74) is 5.49. The van der Waals surface area contributed by atoms with Crippen molar-refractivity contribution < 1.29 is 9.53 Å². The van der Waals surface area contributed by atoms with E-state index in [1.165, 1.54) is 0 Å². The van der Waals surface area contributed by atoms with E-state index in [0.717, 1.165) is 51.8 Å². The number of nitrogens with one attached hydrogen (secondary N) is 2. The van der Waals surface area contributed by atoms with Gasteiger partial charge in [-0.05, 0) is 42.3 Å². The number of amides is 1. The number of ether oxygens (including phenoxy) is 1. The molecule has 4 aromatic rings. The highest BCUT2D eigenvalue weighted by Gasteiger charge is 2.10. The predicted octanol–water partition coefficient (Wildman–Crippen LogP) is 5.60. The predicted molar refractivity (Wildman–Crippen MR) is 124 cm³/mol. The van der Waals surface area contributed by atoms with Gasteiger partial charge in [-0.3, -0.25) is 4.79 Å². The molecule has 0 bridgehead atoms. The minimum atomic E-state index is -0.126. The maximum absolute atomic E-state index is 12.1. The van der Waals surface area contributed by atoms with Gasteiger partial charge in [0.1, 0.15) is 5.65 Å². The number of aromatic amines is 1. The number of benzene rings is 1. The third-order valence-electron chi connectivity index (χ3n) is 4.98. The Labute approximate surface area is 181 Å². The third-order valence-corrected chi connectivity index (χ3v) is 4.98. The van der Waals surface area contributed by atoms with Crippen LogP contribution in [0.3, 0.4) is 0 Å². The topological polar surface area (TPSA) is 79.9 Å². The first-order valence-electron chi connectivity index (χ1n) is 10.2. The van der Waals surface area contributed by atoms with Crippen LogP contribution < -0.4 is 10.1 Å². The van der Waals surface area contributed by atoms with E-state index in [2.05, 4.69) is 33.3 Å². The van der Waals surface area contributed by atoms with Crippen molar-refractivity contribution in [1.29, 1.82) is 0 Å². The Morgan fingerprint density at radius 2 is 1.97 bits per heavy atom. The van der Waals surface area contributed by atoms with E-state index in [0.29, 0.717) is 5.88 Å². The molecule has 1 amide bonds. The van der Waals surface area contributed by atoms with Crippen LogP contribution in [0.25, 0.3) is 33.3 Å². The number of anilines is 1. The summed E-state index contributed by atoms with van der Waals surface area (Å²) in [6.45, 7) is 2.08. The monoisotopic (exact) mass is 412 g/mol. The molecule has 6 nitrogen and oxygen atoms in total. The van der Waals surface area contributed by atoms with E-state index in [1.807, 2.05) is 54.9 Å². The molecule has 0 fully saturated rings. The first kappa shape index (κ1) is 20.3. The van der Waals surface area contributed by atoms with Gasteiger partial charge in [0, 0.05) is 52.4 Å². The molecule has 6 heteroatoms. The zero-order valence-corrected chi connectivity index (χ0v) is 17.6. The molecular weight excluding hydrogens is 388 g/mol. The number of rotatable bonds is 7. The van der Waals surface area contributed by atoms with Crippen molar-refractivity contribution in [3.63, 3.8) is 0 Å². The summed E-state index contributed by atoms with van der Waals surface area (Å²) in [6.07, 6.45) is 10.9. The molecule has 0 aliphatic rings. The van der Waals surface area contributed by atoms with Gasteiger partial charge < -0.3 is 15.0 Å². The van der Waals surface area contributed by atoms with Gasteiger partial charge in [-0.15, -0.1) is 0 Å². The summed E-state index contributed by atoms with van der Waals surface area (Å²) < 4.78 is 5.15. The number of H-pyrrole nitrogens is 1. The number of hydrogen-bond acceptors (Lipinski definition) is 4. The van der Waals surface area contributed by atoms with Gasteiger partial charge in [0.2, 0.25) is 11.8 Å². The van der Waals surface area contributed by atoms with E-state index in [4.69, 9.17) is 4.74 Å². The standard InChI is InChI=1S/C25H24N4O2/c1-3-4-5-9-23(30)29-20-8-6-7-17(12-20)19-13-21-22(16-28-25(21)27-15-19)18-10-11-24(31-2)26-14-18/h5-16H,3-4H2,1-2H3,(H,27,28)(H,29,30)/b9-5+. The molecule has 0 aliphatic heterocycles. The van der Waals surface area contributed by atoms with E-state index >= 15 is 0 Å². The van der Waals surface area contributed by atoms with Gasteiger partial charge >= 0.3 is 0 Å². The lowest BCUT2D eigenvalue weighted by atomic mass is 10.0. The van der Waals surface area contributed by atoms with Crippen LogP contribution in [0, 0.1) is 0 Å². The largest absolute Gasteiger partial charge is 0.481 e. The van der Waals surface area contributed by atoms with Crippen LogP contribution in [-0.4, -0.2) is 28.0 Å². The van der Waals surface area contributed by atoms with Crippen molar-refractivity contribution in [2.45, 2.75) is 19.8 Å². The van der Waals surface area contributed by atoms with Crippen LogP contribution in [0.2, 0.25) is 0 Å². The van der Waals surface area contributed by atoms with E-state index < -0.39 is 0 Å². The minimum Gasteiger partial charge on any atom is -0.481 e. The fraction of sp³-hybridized carbons (Fsp3) is 0.160. The number of allylic oxidation sites excluding steroid dienone is 1. The van der Waals surface area contributed by atoms with Gasteiger partial charge in [-0.1, -0.05) is 31.6 Å². The molecule has 0 aliphatic carbocycles. The lowest BCUT2D eigenvalue weighted by molar-refractivity contribution is -0.111. The van der Waals surface area contributed by atoms with Gasteiger partial charge in [0.25, 0.3) is 0 Å². The maximum atomic E-state index is 12.1. The zero-order chi connectivity index (χ0) is 21.6. The number of unbranched alkanes of at least 4 members (excludes halogenated alkanes) is 1. The molecule has 0 saturated carbocycles. The summed E-state index contributed by atoms with van der Waals surface area (Å²) in [7, 11) is 1.60. The summed E-state index contributed by atoms with van der Waals surface area (Å²) in [5, 5.41) is 3.92. The average Bonchev–Trinajstić information content (AvgIpc) is 3.23. The molecule has 0 spiro atoms. The number of carbonyl (C=O) groups is 1. The number of hydrogen-bond donors (Lipinski definition) is 2. The number of fused-ring (bicyclic) bond motifs is 1. The van der Waals surface area contributed by atoms with Gasteiger partial charge in [-0.2, -0.15) is 0 Å². The summed E-state index contributed by atoms with van der Waals surface area (Å²) in [6, 6.07) is 13.7. The van der Waals surface area contributed by atoms with E-state index in [9.17, 15) is 4.79 Å². The molecule has 0 unspecified atom stereocenters. The van der Waals surface area contributed by atoms with Crippen LogP contribution in [0.1, 0.15) is 19.8 Å². The molecule has 4 rings (SSSR count). The van der Waals surface area contributed by atoms with Crippen LogP contribution in [0.5, 0.6) is 5.88 Å². The molecule has 156 valence electrons. The quantitative estimate of drug-likeness (QED) is 0.388. The first-order chi connectivity index (χ1) is 15.2. The molecule has 1 aromatic carbocycles. The molecule has 31 heavy (non-hydrogen) atoms. The molecule has 0 atom stereocenters. The van der Waals surface area contributed by atoms with Crippen molar-refractivity contribution in [2.75, 3.05) is 12.4 Å². The first-order valence-corrected chi connectivity index (χ1v) is 10.2. The fourth-order valence-electron chi connectivity index (χ4n) is 3.38. The van der Waals surface area contributed by atoms with Crippen LogP contribution >= 0.6 is 0 Å². The van der Waals surface area contributed by atoms with Gasteiger partial charge in [0.15, 0.2) is 0 Å². The van der Waals surface area contributed by atoms with Gasteiger partial charge in [-0.25, -0.2) is 9.97 Å². The fourth-order valence-corrected chi connectivity index (χ4v) is 3.38. The lowest BCUT2D eigenvalue weighted by Crippen LogP contribution is -2.07. The summed E-state index contributed by atoms with van der Waals surface area (Å²) in [4.78, 5) is 24.2. The molecular formula is C25H24N4O2. The Morgan fingerprint density at radius 3 is 2.74 bits per heavy atom. The van der Waals surface area contributed by atoms with Crippen molar-refractivity contribution in [1.82, 2.24) is 15.0 Å². The Hall–Kier alpha value is -3.93. The van der Waals surface area contributed by atoms with E-state index in [-0.39, 0.29) is 5.91 Å². The van der Waals surface area contributed by atoms with Crippen LogP contribution in [0.4, 0.5) is 5.69 Å². The average molecular weight is 412 g/mol. The van der Waals surface area contributed by atoms with Crippen LogP contribution in [-0.2, 0) is 4.79 Å². The molecule has 2 N–H and O–H groups in total. The molecule has 3 heterocycles. The second-order valence-electron chi connectivity index (χ2n) is 7.17. The highest BCUT2D eigenvalue weighted by Crippen LogP contribution is 2.31. The number of carbonyl (C=O) groups excluding carboxylic acids is 1. The molecule has 0 radical (unpaired) electrons. The van der Waals surface area contributed by atoms with E-state index in [1.54, 1.807) is 19.4 Å². The summed E-state index contributed by atoms with van der Waals surface area (Å²) >= 11 is 0. The smallest absolute Gasteiger partial charge is 0.248 e. The Morgan fingerprint density at radius 1 is 1.10 bits per heavy atom. The Bertz CT molecular complexity index is 1230. The number of aromatic nitrogens is 3. The highest BCUT2D eigenvalue weighted by atomic mass is 16.5. The SMILES string of the molecule is CCC/C=C/C(=O)Nc1cccc(-c2cnc3[nH]cc(-c4ccc(OC)nc4)c3c2)c1.